The minimum absolute atomic E-state index is 0.347. The molecular weight excluding hydrogens is 214 g/mol. The molecule has 0 aromatic heterocycles. The Morgan fingerprint density at radius 2 is 1.59 bits per heavy atom. The van der Waals surface area contributed by atoms with Gasteiger partial charge in [-0.3, -0.25) is 0 Å². The van der Waals surface area contributed by atoms with Crippen molar-refractivity contribution in [3.8, 4) is 0 Å². The lowest BCUT2D eigenvalue weighted by Crippen LogP contribution is -2.41. The summed E-state index contributed by atoms with van der Waals surface area (Å²) < 4.78 is 0. The molecule has 2 aliphatic rings. The van der Waals surface area contributed by atoms with E-state index in [4.69, 9.17) is 11.5 Å². The fourth-order valence-corrected chi connectivity index (χ4v) is 2.56. The molecule has 1 aliphatic heterocycles. The maximum absolute atomic E-state index is 5.94. The van der Waals surface area contributed by atoms with E-state index in [0.717, 1.165) is 25.9 Å². The van der Waals surface area contributed by atoms with Crippen LogP contribution in [0, 0.1) is 0 Å². The first-order valence-electron chi connectivity index (χ1n) is 6.68. The molecule has 1 heterocycles. The molecule has 0 aromatic carbocycles. The summed E-state index contributed by atoms with van der Waals surface area (Å²) in [6, 6.07) is 0.368. The van der Waals surface area contributed by atoms with Gasteiger partial charge in [0.05, 0.1) is 6.04 Å². The zero-order valence-corrected chi connectivity index (χ0v) is 10.4. The number of piperidine rings is 1. The van der Waals surface area contributed by atoms with Crippen molar-refractivity contribution in [1.82, 2.24) is 4.90 Å². The van der Waals surface area contributed by atoms with Crippen molar-refractivity contribution >= 4 is 11.9 Å². The Labute approximate surface area is 103 Å². The second-order valence-electron chi connectivity index (χ2n) is 4.94. The van der Waals surface area contributed by atoms with E-state index < -0.39 is 0 Å². The molecule has 4 N–H and O–H groups in total. The highest BCUT2D eigenvalue weighted by Crippen LogP contribution is 2.20. The molecule has 1 saturated carbocycles. The van der Waals surface area contributed by atoms with Gasteiger partial charge < -0.3 is 16.4 Å². The number of aliphatic imine (C=N–C) groups is 2. The van der Waals surface area contributed by atoms with Crippen molar-refractivity contribution in [3.05, 3.63) is 0 Å². The fraction of sp³-hybridized carbons (Fsp3) is 0.833. The van der Waals surface area contributed by atoms with E-state index in [2.05, 4.69) is 14.9 Å². The molecular formula is C12H23N5. The average molecular weight is 237 g/mol. The standard InChI is InChI=1S/C12H23N5/c13-11(15-10-6-2-3-7-10)16-12(14)17-8-4-1-5-9-17/h10H,1-9H2,(H4,13,14,15,16). The van der Waals surface area contributed by atoms with Crippen LogP contribution in [-0.4, -0.2) is 36.0 Å². The van der Waals surface area contributed by atoms with Crippen LogP contribution in [0.3, 0.4) is 0 Å². The molecule has 0 bridgehead atoms. The van der Waals surface area contributed by atoms with Gasteiger partial charge in [0.25, 0.3) is 0 Å². The zero-order valence-electron chi connectivity index (χ0n) is 10.4. The predicted molar refractivity (Wildman–Crippen MR) is 70.9 cm³/mol. The highest BCUT2D eigenvalue weighted by atomic mass is 15.3. The van der Waals surface area contributed by atoms with Crippen LogP contribution in [0.1, 0.15) is 44.9 Å². The van der Waals surface area contributed by atoms with Gasteiger partial charge in [0.1, 0.15) is 0 Å². The van der Waals surface area contributed by atoms with Gasteiger partial charge in [-0.05, 0) is 32.1 Å². The minimum Gasteiger partial charge on any atom is -0.369 e. The summed E-state index contributed by atoms with van der Waals surface area (Å²) in [6.07, 6.45) is 8.46. The molecule has 96 valence electrons. The van der Waals surface area contributed by atoms with E-state index >= 15 is 0 Å². The van der Waals surface area contributed by atoms with Crippen molar-refractivity contribution in [1.29, 1.82) is 0 Å². The Balaban J connectivity index is 1.91. The molecule has 0 radical (unpaired) electrons. The van der Waals surface area contributed by atoms with Gasteiger partial charge in [-0.1, -0.05) is 12.8 Å². The van der Waals surface area contributed by atoms with Gasteiger partial charge in [0.2, 0.25) is 5.96 Å². The summed E-state index contributed by atoms with van der Waals surface area (Å²) in [6.45, 7) is 1.98. The third kappa shape index (κ3) is 3.61. The number of guanidine groups is 2. The van der Waals surface area contributed by atoms with Crippen LogP contribution in [0.4, 0.5) is 0 Å². The molecule has 0 atom stereocenters. The molecule has 0 amide bonds. The Hall–Kier alpha value is -1.26. The van der Waals surface area contributed by atoms with E-state index in [-0.39, 0.29) is 0 Å². The minimum atomic E-state index is 0.347. The predicted octanol–water partition coefficient (Wildman–Crippen LogP) is 1.04. The van der Waals surface area contributed by atoms with Crippen LogP contribution in [0.25, 0.3) is 0 Å². The lowest BCUT2D eigenvalue weighted by Gasteiger charge is -2.27. The normalized spacial score (nSPS) is 24.4. The lowest BCUT2D eigenvalue weighted by molar-refractivity contribution is 0.339. The maximum atomic E-state index is 5.94. The molecule has 0 unspecified atom stereocenters. The van der Waals surface area contributed by atoms with Crippen molar-refractivity contribution in [2.45, 2.75) is 51.0 Å². The molecule has 2 rings (SSSR count). The molecule has 5 heteroatoms. The zero-order chi connectivity index (χ0) is 12.1. The van der Waals surface area contributed by atoms with Crippen LogP contribution in [-0.2, 0) is 0 Å². The van der Waals surface area contributed by atoms with Crippen LogP contribution in [0.5, 0.6) is 0 Å². The molecule has 17 heavy (non-hydrogen) atoms. The number of rotatable bonds is 1. The van der Waals surface area contributed by atoms with Crippen LogP contribution < -0.4 is 11.5 Å². The molecule has 1 aliphatic carbocycles. The van der Waals surface area contributed by atoms with Gasteiger partial charge in [-0.15, -0.1) is 0 Å². The number of hydrogen-bond donors (Lipinski definition) is 2. The molecule has 2 fully saturated rings. The molecule has 1 saturated heterocycles. The fourth-order valence-electron chi connectivity index (χ4n) is 2.56. The van der Waals surface area contributed by atoms with Gasteiger partial charge in [-0.25, -0.2) is 4.99 Å². The second kappa shape index (κ2) is 5.89. The van der Waals surface area contributed by atoms with E-state index in [1.54, 1.807) is 0 Å². The lowest BCUT2D eigenvalue weighted by atomic mass is 10.1. The number of nitrogens with two attached hydrogens (primary N) is 2. The highest BCUT2D eigenvalue weighted by molar-refractivity contribution is 5.93. The third-order valence-electron chi connectivity index (χ3n) is 3.55. The van der Waals surface area contributed by atoms with Crippen molar-refractivity contribution in [2.24, 2.45) is 21.5 Å². The Kier molecular flexibility index (Phi) is 4.23. The summed E-state index contributed by atoms with van der Waals surface area (Å²) in [4.78, 5) is 10.7. The van der Waals surface area contributed by atoms with Gasteiger partial charge in [0.15, 0.2) is 5.96 Å². The van der Waals surface area contributed by atoms with E-state index in [1.165, 1.54) is 32.1 Å². The van der Waals surface area contributed by atoms with Crippen LogP contribution >= 0.6 is 0 Å². The number of likely N-dealkylation sites (tertiary alicyclic amines) is 1. The molecule has 5 nitrogen and oxygen atoms in total. The van der Waals surface area contributed by atoms with Gasteiger partial charge in [-0.2, -0.15) is 4.99 Å². The monoisotopic (exact) mass is 237 g/mol. The number of hydrogen-bond acceptors (Lipinski definition) is 1. The summed E-state index contributed by atoms with van der Waals surface area (Å²) in [7, 11) is 0. The van der Waals surface area contributed by atoms with E-state index in [1.807, 2.05) is 0 Å². The summed E-state index contributed by atoms with van der Waals surface area (Å²) in [5.74, 6) is 0.879. The van der Waals surface area contributed by atoms with Crippen molar-refractivity contribution in [3.63, 3.8) is 0 Å². The summed E-state index contributed by atoms with van der Waals surface area (Å²) in [5.41, 5.74) is 11.8. The van der Waals surface area contributed by atoms with Crippen LogP contribution in [0.2, 0.25) is 0 Å². The Bertz CT molecular complexity index is 298. The first-order valence-corrected chi connectivity index (χ1v) is 6.68. The topological polar surface area (TPSA) is 80.0 Å². The molecule has 0 aromatic rings. The average Bonchev–Trinajstić information content (AvgIpc) is 2.82. The Morgan fingerprint density at radius 1 is 0.941 bits per heavy atom. The summed E-state index contributed by atoms with van der Waals surface area (Å²) in [5, 5.41) is 0. The Morgan fingerprint density at radius 3 is 2.24 bits per heavy atom. The summed E-state index contributed by atoms with van der Waals surface area (Å²) >= 11 is 0. The maximum Gasteiger partial charge on any atom is 0.218 e. The smallest absolute Gasteiger partial charge is 0.218 e. The van der Waals surface area contributed by atoms with Gasteiger partial charge >= 0.3 is 0 Å². The second-order valence-corrected chi connectivity index (χ2v) is 4.94. The quantitative estimate of drug-likeness (QED) is 0.528. The largest absolute Gasteiger partial charge is 0.369 e. The van der Waals surface area contributed by atoms with Gasteiger partial charge in [0, 0.05) is 13.1 Å². The third-order valence-corrected chi connectivity index (χ3v) is 3.55. The molecule has 0 spiro atoms. The van der Waals surface area contributed by atoms with E-state index in [9.17, 15) is 0 Å². The first-order chi connectivity index (χ1) is 8.25. The first kappa shape index (κ1) is 12.2. The van der Waals surface area contributed by atoms with Crippen molar-refractivity contribution in [2.75, 3.05) is 13.1 Å². The van der Waals surface area contributed by atoms with Crippen molar-refractivity contribution < 1.29 is 0 Å². The van der Waals surface area contributed by atoms with Crippen LogP contribution in [0.15, 0.2) is 9.98 Å². The van der Waals surface area contributed by atoms with E-state index in [0.29, 0.717) is 18.0 Å². The highest BCUT2D eigenvalue weighted by Gasteiger charge is 2.15. The SMILES string of the molecule is NC(=NC1CCCC1)N=C(N)N1CCCCC1. The number of nitrogens with zero attached hydrogens (tertiary/aromatic N) is 3.